The largest absolute Gasteiger partial charge is 0.229 e. The van der Waals surface area contributed by atoms with Gasteiger partial charge in [0.1, 0.15) is 9.84 Å². The molecule has 1 atom stereocenters. The van der Waals surface area contributed by atoms with Gasteiger partial charge >= 0.3 is 0 Å². The number of halogens is 1. The van der Waals surface area contributed by atoms with Gasteiger partial charge in [0, 0.05) is 17.3 Å². The third-order valence-corrected chi connectivity index (χ3v) is 4.34. The Morgan fingerprint density at radius 3 is 2.38 bits per heavy atom. The van der Waals surface area contributed by atoms with Crippen molar-refractivity contribution in [2.45, 2.75) is 18.8 Å². The van der Waals surface area contributed by atoms with Gasteiger partial charge in [-0.3, -0.25) is 0 Å². The van der Waals surface area contributed by atoms with Crippen LogP contribution in [0.1, 0.15) is 24.3 Å². The van der Waals surface area contributed by atoms with Crippen molar-refractivity contribution in [2.75, 3.05) is 17.3 Å². The molecule has 0 bridgehead atoms. The van der Waals surface area contributed by atoms with Gasteiger partial charge in [-0.25, -0.2) is 8.42 Å². The molecule has 1 aromatic rings. The van der Waals surface area contributed by atoms with Crippen LogP contribution in [0.25, 0.3) is 0 Å². The molecule has 16 heavy (non-hydrogen) atoms. The summed E-state index contributed by atoms with van der Waals surface area (Å²) >= 11 is 3.48. The van der Waals surface area contributed by atoms with E-state index in [1.807, 2.05) is 18.2 Å². The molecule has 0 fully saturated rings. The van der Waals surface area contributed by atoms with Crippen LogP contribution in [-0.2, 0) is 9.84 Å². The molecule has 0 aromatic heterocycles. The van der Waals surface area contributed by atoms with E-state index in [1.54, 1.807) is 0 Å². The second-order valence-corrected chi connectivity index (χ2v) is 6.94. The molecule has 0 heterocycles. The van der Waals surface area contributed by atoms with Crippen LogP contribution in [0.5, 0.6) is 0 Å². The van der Waals surface area contributed by atoms with Crippen LogP contribution >= 0.6 is 15.9 Å². The first-order chi connectivity index (χ1) is 7.53. The second kappa shape index (κ2) is 6.40. The van der Waals surface area contributed by atoms with E-state index >= 15 is 0 Å². The predicted molar refractivity (Wildman–Crippen MR) is 71.9 cm³/mol. The lowest BCUT2D eigenvalue weighted by Crippen LogP contribution is -2.06. The molecule has 0 saturated carbocycles. The van der Waals surface area contributed by atoms with Crippen molar-refractivity contribution >= 4 is 25.8 Å². The Kier molecular flexibility index (Phi) is 5.49. The standard InChI is InChI=1S/C12H17BrO2S/c1-16(14,15)9-5-8-12(10-13)11-6-3-2-4-7-11/h2-4,6-7,12H,5,8-10H2,1H3. The van der Waals surface area contributed by atoms with Crippen molar-refractivity contribution < 1.29 is 8.42 Å². The average Bonchev–Trinajstić information content (AvgIpc) is 2.24. The molecule has 0 amide bonds. The van der Waals surface area contributed by atoms with E-state index in [1.165, 1.54) is 11.8 Å². The Morgan fingerprint density at radius 1 is 1.25 bits per heavy atom. The van der Waals surface area contributed by atoms with E-state index in [-0.39, 0.29) is 5.75 Å². The highest BCUT2D eigenvalue weighted by molar-refractivity contribution is 9.09. The fourth-order valence-corrected chi connectivity index (χ4v) is 3.04. The monoisotopic (exact) mass is 304 g/mol. The van der Waals surface area contributed by atoms with Crippen LogP contribution in [0, 0.1) is 0 Å². The Morgan fingerprint density at radius 2 is 1.88 bits per heavy atom. The molecule has 0 aliphatic carbocycles. The maximum Gasteiger partial charge on any atom is 0.147 e. The van der Waals surface area contributed by atoms with Crippen LogP contribution in [0.4, 0.5) is 0 Å². The molecule has 0 aliphatic heterocycles. The summed E-state index contributed by atoms with van der Waals surface area (Å²) in [6.45, 7) is 0. The van der Waals surface area contributed by atoms with E-state index in [4.69, 9.17) is 0 Å². The zero-order chi connectivity index (χ0) is 12.0. The first-order valence-corrected chi connectivity index (χ1v) is 8.50. The van der Waals surface area contributed by atoms with Gasteiger partial charge in [0.05, 0.1) is 0 Å². The van der Waals surface area contributed by atoms with Gasteiger partial charge in [0.25, 0.3) is 0 Å². The minimum atomic E-state index is -2.83. The van der Waals surface area contributed by atoms with Crippen molar-refractivity contribution in [3.05, 3.63) is 35.9 Å². The van der Waals surface area contributed by atoms with Crippen molar-refractivity contribution in [1.29, 1.82) is 0 Å². The van der Waals surface area contributed by atoms with Crippen LogP contribution in [0.3, 0.4) is 0 Å². The molecular formula is C12H17BrO2S. The molecular weight excluding hydrogens is 288 g/mol. The Balaban J connectivity index is 2.51. The quantitative estimate of drug-likeness (QED) is 0.757. The minimum absolute atomic E-state index is 0.281. The van der Waals surface area contributed by atoms with Crippen LogP contribution in [0.2, 0.25) is 0 Å². The smallest absolute Gasteiger partial charge is 0.147 e. The van der Waals surface area contributed by atoms with E-state index in [0.717, 1.165) is 18.2 Å². The van der Waals surface area contributed by atoms with E-state index < -0.39 is 9.84 Å². The highest BCUT2D eigenvalue weighted by Crippen LogP contribution is 2.23. The van der Waals surface area contributed by atoms with E-state index in [0.29, 0.717) is 5.92 Å². The van der Waals surface area contributed by atoms with Gasteiger partial charge in [-0.05, 0) is 24.3 Å². The summed E-state index contributed by atoms with van der Waals surface area (Å²) in [6.07, 6.45) is 2.92. The van der Waals surface area contributed by atoms with Crippen LogP contribution in [0.15, 0.2) is 30.3 Å². The first-order valence-electron chi connectivity index (χ1n) is 5.31. The number of benzene rings is 1. The maximum atomic E-state index is 11.0. The molecule has 0 aliphatic rings. The highest BCUT2D eigenvalue weighted by atomic mass is 79.9. The first kappa shape index (κ1) is 13.7. The molecule has 1 unspecified atom stereocenters. The van der Waals surface area contributed by atoms with Gasteiger partial charge < -0.3 is 0 Å². The summed E-state index contributed by atoms with van der Waals surface area (Å²) in [7, 11) is -2.83. The highest BCUT2D eigenvalue weighted by Gasteiger charge is 2.11. The number of hydrogen-bond donors (Lipinski definition) is 0. The van der Waals surface area contributed by atoms with Crippen molar-refractivity contribution in [3.63, 3.8) is 0 Å². The number of sulfone groups is 1. The van der Waals surface area contributed by atoms with Crippen molar-refractivity contribution in [3.8, 4) is 0 Å². The van der Waals surface area contributed by atoms with Gasteiger partial charge in [0.15, 0.2) is 0 Å². The van der Waals surface area contributed by atoms with Gasteiger partial charge in [-0.1, -0.05) is 46.3 Å². The molecule has 90 valence electrons. The topological polar surface area (TPSA) is 34.1 Å². The summed E-state index contributed by atoms with van der Waals surface area (Å²) < 4.78 is 22.1. The molecule has 0 spiro atoms. The Labute approximate surface area is 106 Å². The molecule has 1 aromatic carbocycles. The fraction of sp³-hybridized carbons (Fsp3) is 0.500. The molecule has 0 saturated heterocycles. The SMILES string of the molecule is CS(=O)(=O)CCCC(CBr)c1ccccc1. The fourth-order valence-electron chi connectivity index (χ4n) is 1.65. The third kappa shape index (κ3) is 5.12. The maximum absolute atomic E-state index is 11.0. The number of rotatable bonds is 6. The molecule has 0 N–H and O–H groups in total. The zero-order valence-electron chi connectivity index (χ0n) is 9.40. The van der Waals surface area contributed by atoms with Crippen LogP contribution < -0.4 is 0 Å². The van der Waals surface area contributed by atoms with Crippen LogP contribution in [-0.4, -0.2) is 25.8 Å². The third-order valence-electron chi connectivity index (χ3n) is 2.52. The van der Waals surface area contributed by atoms with Gasteiger partial charge in [-0.15, -0.1) is 0 Å². The predicted octanol–water partition coefficient (Wildman–Crippen LogP) is 2.99. The summed E-state index contributed by atoms with van der Waals surface area (Å²) in [5.41, 5.74) is 1.27. The summed E-state index contributed by atoms with van der Waals surface area (Å²) in [4.78, 5) is 0. The van der Waals surface area contributed by atoms with E-state index in [9.17, 15) is 8.42 Å². The zero-order valence-corrected chi connectivity index (χ0v) is 11.8. The number of hydrogen-bond acceptors (Lipinski definition) is 2. The Hall–Kier alpha value is -0.350. The minimum Gasteiger partial charge on any atom is -0.229 e. The summed E-state index contributed by atoms with van der Waals surface area (Å²) in [6, 6.07) is 10.2. The molecule has 0 radical (unpaired) electrons. The summed E-state index contributed by atoms with van der Waals surface area (Å²) in [5, 5.41) is 0.876. The average molecular weight is 305 g/mol. The lowest BCUT2D eigenvalue weighted by Gasteiger charge is -2.13. The van der Waals surface area contributed by atoms with Crippen molar-refractivity contribution in [2.24, 2.45) is 0 Å². The van der Waals surface area contributed by atoms with E-state index in [2.05, 4.69) is 28.1 Å². The van der Waals surface area contributed by atoms with Gasteiger partial charge in [-0.2, -0.15) is 0 Å². The normalized spacial score (nSPS) is 13.6. The van der Waals surface area contributed by atoms with Gasteiger partial charge in [0.2, 0.25) is 0 Å². The molecule has 2 nitrogen and oxygen atoms in total. The second-order valence-electron chi connectivity index (χ2n) is 4.03. The Bertz CT molecular complexity index is 400. The lowest BCUT2D eigenvalue weighted by atomic mass is 9.97. The number of alkyl halides is 1. The summed E-state index contributed by atoms with van der Waals surface area (Å²) in [5.74, 6) is 0.687. The van der Waals surface area contributed by atoms with Crippen molar-refractivity contribution in [1.82, 2.24) is 0 Å². The molecule has 4 heteroatoms. The molecule has 1 rings (SSSR count). The lowest BCUT2D eigenvalue weighted by molar-refractivity contribution is 0.592.